The van der Waals surface area contributed by atoms with Gasteiger partial charge in [-0.2, -0.15) is 13.2 Å². The van der Waals surface area contributed by atoms with Gasteiger partial charge >= 0.3 is 6.18 Å². The molecule has 31 heavy (non-hydrogen) atoms. The summed E-state index contributed by atoms with van der Waals surface area (Å²) in [6, 6.07) is 6.51. The van der Waals surface area contributed by atoms with Gasteiger partial charge in [-0.05, 0) is 37.0 Å². The molecule has 0 saturated heterocycles. The normalized spacial score (nSPS) is 14.6. The summed E-state index contributed by atoms with van der Waals surface area (Å²) in [5.74, 6) is 3.01. The van der Waals surface area contributed by atoms with E-state index in [0.717, 1.165) is 49.6 Å². The second kappa shape index (κ2) is 11.0. The highest BCUT2D eigenvalue weighted by Crippen LogP contribution is 2.19. The van der Waals surface area contributed by atoms with Crippen molar-refractivity contribution in [3.05, 3.63) is 41.5 Å². The van der Waals surface area contributed by atoms with Crippen molar-refractivity contribution in [3.63, 3.8) is 0 Å². The van der Waals surface area contributed by atoms with Crippen molar-refractivity contribution < 1.29 is 17.9 Å². The summed E-state index contributed by atoms with van der Waals surface area (Å²) in [4.78, 5) is 4.21. The van der Waals surface area contributed by atoms with Crippen LogP contribution in [0.5, 0.6) is 5.75 Å². The van der Waals surface area contributed by atoms with E-state index in [4.69, 9.17) is 4.74 Å². The number of nitrogens with zero attached hydrogens (tertiary/aromatic N) is 4. The number of halogens is 3. The molecule has 0 saturated carbocycles. The van der Waals surface area contributed by atoms with Gasteiger partial charge in [0.1, 0.15) is 17.4 Å². The van der Waals surface area contributed by atoms with Crippen LogP contribution in [0, 0.1) is 0 Å². The molecule has 0 radical (unpaired) electrons. The Morgan fingerprint density at radius 1 is 1.13 bits per heavy atom. The van der Waals surface area contributed by atoms with Crippen molar-refractivity contribution in [2.24, 2.45) is 4.99 Å². The molecular formula is C21H29F3N6O. The van der Waals surface area contributed by atoms with Crippen LogP contribution in [0.25, 0.3) is 0 Å². The molecule has 0 amide bonds. The van der Waals surface area contributed by atoms with Crippen molar-refractivity contribution in [1.29, 1.82) is 0 Å². The summed E-state index contributed by atoms with van der Waals surface area (Å²) in [6.07, 6.45) is 2.05. The molecule has 170 valence electrons. The van der Waals surface area contributed by atoms with Crippen LogP contribution in [-0.2, 0) is 25.9 Å². The van der Waals surface area contributed by atoms with Crippen LogP contribution in [0.2, 0.25) is 0 Å². The van der Waals surface area contributed by atoms with Crippen LogP contribution in [0.1, 0.15) is 42.9 Å². The molecule has 7 nitrogen and oxygen atoms in total. The third kappa shape index (κ3) is 7.45. The van der Waals surface area contributed by atoms with Gasteiger partial charge in [0.05, 0.1) is 0 Å². The molecular weight excluding hydrogens is 409 g/mol. The maximum Gasteiger partial charge on any atom is 0.422 e. The summed E-state index contributed by atoms with van der Waals surface area (Å²) >= 11 is 0. The minimum atomic E-state index is -4.34. The number of aliphatic imine (C=N–C) groups is 1. The lowest BCUT2D eigenvalue weighted by atomic mass is 10.2. The molecule has 1 aromatic heterocycles. The zero-order valence-electron chi connectivity index (χ0n) is 17.7. The smallest absolute Gasteiger partial charge is 0.422 e. The van der Waals surface area contributed by atoms with E-state index in [-0.39, 0.29) is 5.75 Å². The number of aryl methyl sites for hydroxylation is 2. The van der Waals surface area contributed by atoms with E-state index in [1.54, 1.807) is 19.2 Å². The highest BCUT2D eigenvalue weighted by atomic mass is 19.4. The number of ether oxygens (including phenoxy) is 1. The van der Waals surface area contributed by atoms with E-state index in [2.05, 4.69) is 30.4 Å². The molecule has 0 atom stereocenters. The van der Waals surface area contributed by atoms with Crippen molar-refractivity contribution in [1.82, 2.24) is 25.4 Å². The molecule has 2 N–H and O–H groups in total. The Morgan fingerprint density at radius 3 is 2.68 bits per heavy atom. The zero-order chi connectivity index (χ0) is 22.1. The van der Waals surface area contributed by atoms with Gasteiger partial charge in [0.2, 0.25) is 0 Å². The Labute approximate surface area is 180 Å². The van der Waals surface area contributed by atoms with Crippen LogP contribution in [-0.4, -0.2) is 47.1 Å². The number of aromatic nitrogens is 3. The quantitative estimate of drug-likeness (QED) is 0.376. The number of alkyl halides is 3. The highest BCUT2D eigenvalue weighted by Gasteiger charge is 2.28. The van der Waals surface area contributed by atoms with Crippen LogP contribution in [0.15, 0.2) is 29.3 Å². The molecule has 10 heteroatoms. The van der Waals surface area contributed by atoms with Crippen molar-refractivity contribution in [3.8, 4) is 5.75 Å². The molecule has 1 aliphatic heterocycles. The summed E-state index contributed by atoms with van der Waals surface area (Å²) in [6.45, 7) is 0.954. The standard InChI is InChI=1S/C21H29F3N6O/c1-25-20(27-14-16-8-10-17(11-9-16)31-15-21(22,23)24)26-12-5-7-19-29-28-18-6-3-2-4-13-30(18)19/h8-11H,2-7,12-15H2,1H3,(H2,25,26,27). The van der Waals surface area contributed by atoms with Gasteiger partial charge in [0, 0.05) is 39.5 Å². The van der Waals surface area contributed by atoms with E-state index in [0.29, 0.717) is 12.5 Å². The molecule has 0 bridgehead atoms. The fraction of sp³-hybridized carbons (Fsp3) is 0.571. The zero-order valence-corrected chi connectivity index (χ0v) is 17.7. The van der Waals surface area contributed by atoms with E-state index in [1.807, 2.05) is 0 Å². The maximum atomic E-state index is 12.2. The molecule has 0 unspecified atom stereocenters. The molecule has 1 aliphatic rings. The Kier molecular flexibility index (Phi) is 8.13. The topological polar surface area (TPSA) is 76.4 Å². The Morgan fingerprint density at radius 2 is 1.94 bits per heavy atom. The van der Waals surface area contributed by atoms with Crippen molar-refractivity contribution in [2.75, 3.05) is 20.2 Å². The minimum Gasteiger partial charge on any atom is -0.484 e. The second-order valence-corrected chi connectivity index (χ2v) is 7.50. The van der Waals surface area contributed by atoms with Crippen LogP contribution in [0.4, 0.5) is 13.2 Å². The fourth-order valence-electron chi connectivity index (χ4n) is 3.46. The predicted molar refractivity (Wildman–Crippen MR) is 112 cm³/mol. The van der Waals surface area contributed by atoms with Gasteiger partial charge in [-0.1, -0.05) is 18.6 Å². The summed E-state index contributed by atoms with van der Waals surface area (Å²) in [5, 5.41) is 15.2. The predicted octanol–water partition coefficient (Wildman–Crippen LogP) is 3.24. The molecule has 3 rings (SSSR count). The van der Waals surface area contributed by atoms with Crippen molar-refractivity contribution >= 4 is 5.96 Å². The first-order valence-corrected chi connectivity index (χ1v) is 10.6. The van der Waals surface area contributed by atoms with Gasteiger partial charge in [0.25, 0.3) is 0 Å². The van der Waals surface area contributed by atoms with Gasteiger partial charge in [-0.3, -0.25) is 4.99 Å². The highest BCUT2D eigenvalue weighted by molar-refractivity contribution is 5.79. The summed E-state index contributed by atoms with van der Waals surface area (Å²) in [5.41, 5.74) is 0.911. The lowest BCUT2D eigenvalue weighted by molar-refractivity contribution is -0.153. The molecule has 2 aromatic rings. The molecule has 1 aromatic carbocycles. The van der Waals surface area contributed by atoms with Crippen LogP contribution >= 0.6 is 0 Å². The maximum absolute atomic E-state index is 12.2. The Bertz CT molecular complexity index is 848. The van der Waals surface area contributed by atoms with Gasteiger partial charge in [0.15, 0.2) is 12.6 Å². The largest absolute Gasteiger partial charge is 0.484 e. The third-order valence-electron chi connectivity index (χ3n) is 5.07. The van der Waals surface area contributed by atoms with Gasteiger partial charge in [-0.25, -0.2) is 0 Å². The van der Waals surface area contributed by atoms with E-state index in [1.165, 1.54) is 31.4 Å². The fourth-order valence-corrected chi connectivity index (χ4v) is 3.46. The molecule has 0 fully saturated rings. The molecule has 2 heterocycles. The monoisotopic (exact) mass is 438 g/mol. The third-order valence-corrected chi connectivity index (χ3v) is 5.07. The number of hydrogen-bond acceptors (Lipinski definition) is 4. The minimum absolute atomic E-state index is 0.190. The molecule has 0 aliphatic carbocycles. The number of benzene rings is 1. The van der Waals surface area contributed by atoms with Crippen molar-refractivity contribution in [2.45, 2.75) is 57.8 Å². The lowest BCUT2D eigenvalue weighted by Crippen LogP contribution is -2.37. The number of fused-ring (bicyclic) bond motifs is 1. The molecule has 0 spiro atoms. The average molecular weight is 438 g/mol. The number of rotatable bonds is 8. The summed E-state index contributed by atoms with van der Waals surface area (Å²) in [7, 11) is 1.70. The van der Waals surface area contributed by atoms with E-state index < -0.39 is 12.8 Å². The van der Waals surface area contributed by atoms with Crippen LogP contribution < -0.4 is 15.4 Å². The first-order valence-electron chi connectivity index (χ1n) is 10.6. The van der Waals surface area contributed by atoms with E-state index >= 15 is 0 Å². The van der Waals surface area contributed by atoms with Gasteiger partial charge in [-0.15, -0.1) is 10.2 Å². The Hall–Kier alpha value is -2.78. The van der Waals surface area contributed by atoms with Crippen LogP contribution in [0.3, 0.4) is 0 Å². The number of guanidine groups is 1. The first kappa shape index (κ1) is 22.9. The second-order valence-electron chi connectivity index (χ2n) is 7.50. The lowest BCUT2D eigenvalue weighted by Gasteiger charge is -2.13. The average Bonchev–Trinajstić information content (AvgIpc) is 2.98. The number of hydrogen-bond donors (Lipinski definition) is 2. The first-order chi connectivity index (χ1) is 14.9. The Balaban J connectivity index is 1.38. The van der Waals surface area contributed by atoms with Gasteiger partial charge < -0.3 is 19.9 Å². The summed E-state index contributed by atoms with van der Waals surface area (Å²) < 4.78 is 43.6. The SMILES string of the molecule is CN=C(NCCCc1nnc2n1CCCCC2)NCc1ccc(OCC(F)(F)F)cc1. The van der Waals surface area contributed by atoms with E-state index in [9.17, 15) is 13.2 Å². The number of nitrogens with one attached hydrogen (secondary N) is 2.